The Kier molecular flexibility index (Phi) is 7.88. The zero-order valence-corrected chi connectivity index (χ0v) is 13.7. The zero-order valence-electron chi connectivity index (χ0n) is 13.7. The van der Waals surface area contributed by atoms with Crippen molar-refractivity contribution in [1.82, 2.24) is 0 Å². The number of carboxylic acid groups (broad SMARTS) is 1. The van der Waals surface area contributed by atoms with Crippen LogP contribution in [0.1, 0.15) is 56.6 Å². The minimum atomic E-state index is -0.727. The van der Waals surface area contributed by atoms with Gasteiger partial charge in [-0.1, -0.05) is 38.7 Å². The Morgan fingerprint density at radius 1 is 1.00 bits per heavy atom. The van der Waals surface area contributed by atoms with Crippen molar-refractivity contribution in [3.05, 3.63) is 29.3 Å². The lowest BCUT2D eigenvalue weighted by Gasteiger charge is -2.25. The minimum Gasteiger partial charge on any atom is -0.481 e. The Balaban J connectivity index is 2.64. The number of rotatable bonds is 10. The molecule has 3 nitrogen and oxygen atoms in total. The fraction of sp³-hybridized carbons (Fsp3) is 0.611. The summed E-state index contributed by atoms with van der Waals surface area (Å²) in [6.07, 6.45) is 6.37. The maximum atomic E-state index is 10.9. The quantitative estimate of drug-likeness (QED) is 0.643. The van der Waals surface area contributed by atoms with Crippen LogP contribution in [0.15, 0.2) is 18.2 Å². The maximum absolute atomic E-state index is 10.9. The van der Waals surface area contributed by atoms with Crippen LogP contribution < -0.4 is 4.90 Å². The highest BCUT2D eigenvalue weighted by molar-refractivity contribution is 5.67. The Labute approximate surface area is 129 Å². The van der Waals surface area contributed by atoms with Crippen molar-refractivity contribution in [2.45, 2.75) is 59.3 Å². The van der Waals surface area contributed by atoms with E-state index in [-0.39, 0.29) is 6.42 Å². The van der Waals surface area contributed by atoms with Gasteiger partial charge >= 0.3 is 5.97 Å². The number of aryl methyl sites for hydroxylation is 2. The van der Waals surface area contributed by atoms with Crippen molar-refractivity contribution in [1.29, 1.82) is 0 Å². The first-order chi connectivity index (χ1) is 10.0. The molecule has 0 aliphatic rings. The molecule has 0 saturated carbocycles. The molecule has 0 fully saturated rings. The van der Waals surface area contributed by atoms with Crippen LogP contribution >= 0.6 is 0 Å². The summed E-state index contributed by atoms with van der Waals surface area (Å²) in [6, 6.07) is 6.46. The van der Waals surface area contributed by atoms with Gasteiger partial charge in [0.25, 0.3) is 0 Å². The number of hydrogen-bond acceptors (Lipinski definition) is 2. The van der Waals surface area contributed by atoms with Gasteiger partial charge in [-0.2, -0.15) is 0 Å². The predicted octanol–water partition coefficient (Wildman–Crippen LogP) is 4.55. The van der Waals surface area contributed by atoms with Crippen LogP contribution in [0.2, 0.25) is 0 Å². The number of aliphatic carboxylic acids is 1. The lowest BCUT2D eigenvalue weighted by Crippen LogP contribution is -2.27. The highest BCUT2D eigenvalue weighted by Crippen LogP contribution is 2.20. The summed E-state index contributed by atoms with van der Waals surface area (Å²) in [6.45, 7) is 7.93. The average Bonchev–Trinajstić information content (AvgIpc) is 2.40. The van der Waals surface area contributed by atoms with Crippen molar-refractivity contribution in [2.75, 3.05) is 18.0 Å². The molecule has 1 aromatic carbocycles. The monoisotopic (exact) mass is 291 g/mol. The molecule has 0 aliphatic heterocycles. The van der Waals surface area contributed by atoms with Crippen molar-refractivity contribution >= 4 is 11.7 Å². The molecule has 0 heterocycles. The van der Waals surface area contributed by atoms with Gasteiger partial charge in [0.15, 0.2) is 0 Å². The SMILES string of the molecule is CCCCCCCN(CCC(=O)O)c1cc(C)cc(C)c1. The molecule has 0 saturated heterocycles. The van der Waals surface area contributed by atoms with Gasteiger partial charge in [-0.05, 0) is 43.5 Å². The van der Waals surface area contributed by atoms with Crippen molar-refractivity contribution < 1.29 is 9.90 Å². The Morgan fingerprint density at radius 2 is 1.62 bits per heavy atom. The average molecular weight is 291 g/mol. The fourth-order valence-electron chi connectivity index (χ4n) is 2.64. The third-order valence-corrected chi connectivity index (χ3v) is 3.70. The second-order valence-electron chi connectivity index (χ2n) is 5.89. The van der Waals surface area contributed by atoms with Gasteiger partial charge in [0.05, 0.1) is 6.42 Å². The van der Waals surface area contributed by atoms with Crippen LogP contribution in [-0.4, -0.2) is 24.2 Å². The summed E-state index contributed by atoms with van der Waals surface area (Å²) < 4.78 is 0. The van der Waals surface area contributed by atoms with E-state index in [1.165, 1.54) is 36.8 Å². The molecule has 1 N–H and O–H groups in total. The molecule has 0 amide bonds. The number of anilines is 1. The lowest BCUT2D eigenvalue weighted by molar-refractivity contribution is -0.136. The molecular weight excluding hydrogens is 262 g/mol. The topological polar surface area (TPSA) is 40.5 Å². The van der Waals surface area contributed by atoms with Crippen LogP contribution in [-0.2, 0) is 4.79 Å². The summed E-state index contributed by atoms with van der Waals surface area (Å²) in [5.41, 5.74) is 3.62. The van der Waals surface area contributed by atoms with E-state index in [4.69, 9.17) is 5.11 Å². The van der Waals surface area contributed by atoms with Crippen molar-refractivity contribution in [3.8, 4) is 0 Å². The number of carboxylic acids is 1. The molecule has 1 rings (SSSR count). The van der Waals surface area contributed by atoms with Gasteiger partial charge in [0, 0.05) is 18.8 Å². The van der Waals surface area contributed by atoms with Gasteiger partial charge in [0.2, 0.25) is 0 Å². The zero-order chi connectivity index (χ0) is 15.7. The Hall–Kier alpha value is -1.51. The molecule has 1 aromatic rings. The van der Waals surface area contributed by atoms with E-state index in [9.17, 15) is 4.79 Å². The molecule has 0 bridgehead atoms. The fourth-order valence-corrected chi connectivity index (χ4v) is 2.64. The van der Waals surface area contributed by atoms with Crippen LogP contribution in [0.4, 0.5) is 5.69 Å². The highest BCUT2D eigenvalue weighted by atomic mass is 16.4. The Morgan fingerprint density at radius 3 is 2.19 bits per heavy atom. The molecule has 0 spiro atoms. The summed E-state index contributed by atoms with van der Waals surface area (Å²) in [4.78, 5) is 13.1. The molecule has 0 aromatic heterocycles. The minimum absolute atomic E-state index is 0.196. The van der Waals surface area contributed by atoms with E-state index >= 15 is 0 Å². The first-order valence-electron chi connectivity index (χ1n) is 8.08. The Bertz CT molecular complexity index is 423. The molecular formula is C18H29NO2. The summed E-state index contributed by atoms with van der Waals surface area (Å²) in [7, 11) is 0. The standard InChI is InChI=1S/C18H29NO2/c1-4-5-6-7-8-10-19(11-9-18(20)21)17-13-15(2)12-16(3)14-17/h12-14H,4-11H2,1-3H3,(H,20,21). The third-order valence-electron chi connectivity index (χ3n) is 3.70. The largest absolute Gasteiger partial charge is 0.481 e. The number of carbonyl (C=O) groups is 1. The summed E-state index contributed by atoms with van der Waals surface area (Å²) in [5, 5.41) is 8.93. The molecule has 0 atom stereocenters. The van der Waals surface area contributed by atoms with Gasteiger partial charge in [0.1, 0.15) is 0 Å². The molecule has 118 valence electrons. The van der Waals surface area contributed by atoms with Crippen molar-refractivity contribution in [2.24, 2.45) is 0 Å². The van der Waals surface area contributed by atoms with Crippen LogP contribution in [0.5, 0.6) is 0 Å². The van der Waals surface area contributed by atoms with E-state index in [1.807, 2.05) is 0 Å². The normalized spacial score (nSPS) is 10.6. The third kappa shape index (κ3) is 7.16. The molecule has 0 unspecified atom stereocenters. The van der Waals surface area contributed by atoms with E-state index in [1.54, 1.807) is 0 Å². The van der Waals surface area contributed by atoms with Gasteiger partial charge in [-0.3, -0.25) is 4.79 Å². The lowest BCUT2D eigenvalue weighted by atomic mass is 10.1. The van der Waals surface area contributed by atoms with E-state index in [0.717, 1.165) is 18.7 Å². The van der Waals surface area contributed by atoms with Crippen LogP contribution in [0, 0.1) is 13.8 Å². The number of unbranched alkanes of at least 4 members (excludes halogenated alkanes) is 4. The summed E-state index contributed by atoms with van der Waals surface area (Å²) in [5.74, 6) is -0.727. The molecule has 0 radical (unpaired) electrons. The number of hydrogen-bond donors (Lipinski definition) is 1. The summed E-state index contributed by atoms with van der Waals surface area (Å²) >= 11 is 0. The van der Waals surface area contributed by atoms with Gasteiger partial charge < -0.3 is 10.0 Å². The first kappa shape index (κ1) is 17.5. The number of benzene rings is 1. The second-order valence-corrected chi connectivity index (χ2v) is 5.89. The van der Waals surface area contributed by atoms with Gasteiger partial charge in [-0.15, -0.1) is 0 Å². The number of nitrogens with zero attached hydrogens (tertiary/aromatic N) is 1. The predicted molar refractivity (Wildman–Crippen MR) is 89.1 cm³/mol. The molecule has 21 heavy (non-hydrogen) atoms. The molecule has 0 aliphatic carbocycles. The van der Waals surface area contributed by atoms with E-state index < -0.39 is 5.97 Å². The second kappa shape index (κ2) is 9.43. The van der Waals surface area contributed by atoms with Crippen LogP contribution in [0.25, 0.3) is 0 Å². The first-order valence-corrected chi connectivity index (χ1v) is 8.08. The maximum Gasteiger partial charge on any atom is 0.305 e. The van der Waals surface area contributed by atoms with E-state index in [2.05, 4.69) is 43.9 Å². The van der Waals surface area contributed by atoms with E-state index in [0.29, 0.717) is 6.54 Å². The van der Waals surface area contributed by atoms with Crippen LogP contribution in [0.3, 0.4) is 0 Å². The highest BCUT2D eigenvalue weighted by Gasteiger charge is 2.09. The van der Waals surface area contributed by atoms with Crippen molar-refractivity contribution in [3.63, 3.8) is 0 Å². The van der Waals surface area contributed by atoms with Gasteiger partial charge in [-0.25, -0.2) is 0 Å². The smallest absolute Gasteiger partial charge is 0.305 e. The molecule has 3 heteroatoms.